The molecule has 0 saturated carbocycles. The third-order valence-corrected chi connectivity index (χ3v) is 9.25. The average Bonchev–Trinajstić information content (AvgIpc) is 3.67. The predicted molar refractivity (Wildman–Crippen MR) is 162 cm³/mol. The number of hydrogen-bond acceptors (Lipinski definition) is 6. The second-order valence-electron chi connectivity index (χ2n) is 11.5. The lowest BCUT2D eigenvalue weighted by atomic mass is 9.87. The second-order valence-corrected chi connectivity index (χ2v) is 11.9. The van der Waals surface area contributed by atoms with Gasteiger partial charge in [-0.1, -0.05) is 23.7 Å². The van der Waals surface area contributed by atoms with Crippen LogP contribution in [0.2, 0.25) is 5.02 Å². The van der Waals surface area contributed by atoms with E-state index in [1.54, 1.807) is 16.8 Å². The summed E-state index contributed by atoms with van der Waals surface area (Å²) in [6.45, 7) is 8.33. The number of β-amino-alcohol motifs (C(OH)–C–C–N with tert-alkyl or cyclic N) is 1. The number of aliphatic hydroxyl groups excluding tert-OH is 1. The third kappa shape index (κ3) is 5.94. The highest BCUT2D eigenvalue weighted by Crippen LogP contribution is 2.34. The minimum absolute atomic E-state index is 0.230. The summed E-state index contributed by atoms with van der Waals surface area (Å²) in [6, 6.07) is 14.3. The number of carbonyl (C=O) groups is 2. The van der Waals surface area contributed by atoms with Gasteiger partial charge < -0.3 is 24.6 Å². The molecule has 1 unspecified atom stereocenters. The number of carbonyl (C=O) groups excluding carboxylic acids is 2. The number of nitrogens with zero attached hydrogens (tertiary/aromatic N) is 5. The zero-order valence-electron chi connectivity index (χ0n) is 23.8. The van der Waals surface area contributed by atoms with Crippen molar-refractivity contribution in [2.24, 2.45) is 0 Å². The molecule has 3 aliphatic heterocycles. The highest BCUT2D eigenvalue weighted by atomic mass is 35.5. The first-order valence-corrected chi connectivity index (χ1v) is 15.0. The summed E-state index contributed by atoms with van der Waals surface area (Å²) in [5.41, 5.74) is 3.26. The Morgan fingerprint density at radius 3 is 2.27 bits per heavy atom. The number of halogens is 1. The summed E-state index contributed by atoms with van der Waals surface area (Å²) in [5.74, 6) is 0. The highest BCUT2D eigenvalue weighted by Gasteiger charge is 2.43. The molecule has 0 aromatic heterocycles. The fraction of sp³-hybridized carbons (Fsp3) is 0.548. The van der Waals surface area contributed by atoms with Crippen molar-refractivity contribution in [2.75, 3.05) is 67.6 Å². The van der Waals surface area contributed by atoms with E-state index in [0.717, 1.165) is 57.7 Å². The number of anilines is 3. The van der Waals surface area contributed by atoms with Crippen LogP contribution in [-0.4, -0.2) is 91.7 Å². The molecule has 2 amide bonds. The van der Waals surface area contributed by atoms with Crippen molar-refractivity contribution < 1.29 is 14.7 Å². The average molecular weight is 568 g/mol. The Bertz CT molecular complexity index is 1180. The number of rotatable bonds is 8. The smallest absolute Gasteiger partial charge is 0.325 e. The van der Waals surface area contributed by atoms with Gasteiger partial charge in [0.25, 0.3) is 0 Å². The SMILES string of the molecule is CCN(C(=O)N(C)c1ccc(N2CCC(O)C2)cc1Cl)C1(C=O)CCN(Cc2ccc(N3CCCC3)cc2)CC1. The summed E-state index contributed by atoms with van der Waals surface area (Å²) < 4.78 is 0. The molecule has 9 heteroatoms. The van der Waals surface area contributed by atoms with Gasteiger partial charge in [0.05, 0.1) is 16.8 Å². The Morgan fingerprint density at radius 2 is 1.70 bits per heavy atom. The molecule has 0 spiro atoms. The number of aldehydes is 1. The van der Waals surface area contributed by atoms with Gasteiger partial charge in [0.2, 0.25) is 0 Å². The number of benzene rings is 2. The summed E-state index contributed by atoms with van der Waals surface area (Å²) in [4.78, 5) is 36.5. The number of piperidine rings is 1. The van der Waals surface area contributed by atoms with Crippen molar-refractivity contribution in [3.63, 3.8) is 0 Å². The minimum atomic E-state index is -0.839. The molecule has 2 aromatic carbocycles. The normalized spacial score (nSPS) is 21.1. The summed E-state index contributed by atoms with van der Waals surface area (Å²) in [7, 11) is 1.71. The molecule has 0 aliphatic carbocycles. The van der Waals surface area contributed by atoms with Crippen molar-refractivity contribution >= 4 is 41.0 Å². The van der Waals surface area contributed by atoms with Crippen LogP contribution in [0.5, 0.6) is 0 Å². The van der Waals surface area contributed by atoms with Crippen molar-refractivity contribution in [1.82, 2.24) is 9.80 Å². The van der Waals surface area contributed by atoms with Crippen molar-refractivity contribution in [1.29, 1.82) is 0 Å². The first-order chi connectivity index (χ1) is 19.3. The van der Waals surface area contributed by atoms with Gasteiger partial charge >= 0.3 is 6.03 Å². The van der Waals surface area contributed by atoms with Crippen LogP contribution in [-0.2, 0) is 11.3 Å². The van der Waals surface area contributed by atoms with Gasteiger partial charge in [-0.05, 0) is 74.9 Å². The Hall–Kier alpha value is -2.81. The minimum Gasteiger partial charge on any atom is -0.391 e. The molecular formula is C31H42ClN5O3. The highest BCUT2D eigenvalue weighted by molar-refractivity contribution is 6.34. The number of urea groups is 1. The quantitative estimate of drug-likeness (QED) is 0.469. The van der Waals surface area contributed by atoms with Crippen molar-refractivity contribution in [3.05, 3.63) is 53.1 Å². The van der Waals surface area contributed by atoms with Crippen LogP contribution >= 0.6 is 11.6 Å². The lowest BCUT2D eigenvalue weighted by Crippen LogP contribution is -2.60. The fourth-order valence-corrected chi connectivity index (χ4v) is 6.76. The van der Waals surface area contributed by atoms with Gasteiger partial charge in [-0.25, -0.2) is 4.79 Å². The van der Waals surface area contributed by atoms with Gasteiger partial charge in [0, 0.05) is 70.8 Å². The van der Waals surface area contributed by atoms with Gasteiger partial charge in [0.15, 0.2) is 0 Å². The topological polar surface area (TPSA) is 70.6 Å². The first-order valence-electron chi connectivity index (χ1n) is 14.6. The molecule has 8 nitrogen and oxygen atoms in total. The molecular weight excluding hydrogens is 526 g/mol. The zero-order chi connectivity index (χ0) is 28.3. The van der Waals surface area contributed by atoms with Crippen LogP contribution in [0.25, 0.3) is 0 Å². The van der Waals surface area contributed by atoms with Crippen molar-refractivity contribution in [2.45, 2.75) is 57.2 Å². The maximum atomic E-state index is 13.8. The number of likely N-dealkylation sites (tertiary alicyclic amines) is 1. The maximum absolute atomic E-state index is 13.8. The Balaban J connectivity index is 1.22. The second kappa shape index (κ2) is 12.4. The van der Waals surface area contributed by atoms with E-state index in [-0.39, 0.29) is 12.1 Å². The van der Waals surface area contributed by atoms with Gasteiger partial charge in [-0.2, -0.15) is 0 Å². The van der Waals surface area contributed by atoms with Crippen LogP contribution < -0.4 is 14.7 Å². The van der Waals surface area contributed by atoms with Crippen molar-refractivity contribution in [3.8, 4) is 0 Å². The molecule has 3 aliphatic rings. The lowest BCUT2D eigenvalue weighted by Gasteiger charge is -2.46. The van der Waals surface area contributed by atoms with E-state index >= 15 is 0 Å². The Morgan fingerprint density at radius 1 is 1.02 bits per heavy atom. The Kier molecular flexibility index (Phi) is 8.88. The van der Waals surface area contributed by atoms with E-state index in [0.29, 0.717) is 36.6 Å². The molecule has 3 fully saturated rings. The number of hydrogen-bond donors (Lipinski definition) is 1. The molecule has 3 saturated heterocycles. The lowest BCUT2D eigenvalue weighted by molar-refractivity contribution is -0.119. The van der Waals surface area contributed by atoms with Crippen LogP contribution in [0.3, 0.4) is 0 Å². The van der Waals surface area contributed by atoms with E-state index < -0.39 is 5.54 Å². The van der Waals surface area contributed by atoms with Crippen LogP contribution in [0.4, 0.5) is 21.9 Å². The van der Waals surface area contributed by atoms with E-state index in [9.17, 15) is 14.7 Å². The molecule has 5 rings (SSSR count). The van der Waals surface area contributed by atoms with Gasteiger partial charge in [-0.15, -0.1) is 0 Å². The molecule has 3 heterocycles. The number of amides is 2. The maximum Gasteiger partial charge on any atom is 0.325 e. The molecule has 216 valence electrons. The Labute approximate surface area is 243 Å². The monoisotopic (exact) mass is 567 g/mol. The zero-order valence-corrected chi connectivity index (χ0v) is 24.5. The summed E-state index contributed by atoms with van der Waals surface area (Å²) >= 11 is 6.65. The standard InChI is InChI=1S/C31H42ClN5O3/c1-3-37(30(40)33(2)29-11-10-26(20-28(29)32)36-17-12-27(39)22-36)31(23-38)13-18-34(19-14-31)21-24-6-8-25(9-7-24)35-15-4-5-16-35/h6-11,20,23,27,39H,3-5,12-19,21-22H2,1-2H3. The molecule has 1 N–H and O–H groups in total. The van der Waals surface area contributed by atoms with E-state index in [4.69, 9.17) is 11.6 Å². The van der Waals surface area contributed by atoms with E-state index in [2.05, 4.69) is 39.0 Å². The molecule has 0 radical (unpaired) electrons. The summed E-state index contributed by atoms with van der Waals surface area (Å²) in [6.07, 6.45) is 5.12. The number of aliphatic hydroxyl groups is 1. The van der Waals surface area contributed by atoms with Gasteiger partial charge in [-0.3, -0.25) is 9.80 Å². The van der Waals surface area contributed by atoms with Gasteiger partial charge in [0.1, 0.15) is 11.8 Å². The molecule has 1 atom stereocenters. The third-order valence-electron chi connectivity index (χ3n) is 8.95. The molecule has 0 bridgehead atoms. The largest absolute Gasteiger partial charge is 0.391 e. The summed E-state index contributed by atoms with van der Waals surface area (Å²) in [5, 5.41) is 10.3. The molecule has 2 aromatic rings. The van der Waals surface area contributed by atoms with E-state index in [1.165, 1.54) is 24.1 Å². The fourth-order valence-electron chi connectivity index (χ4n) is 6.46. The van der Waals surface area contributed by atoms with Crippen LogP contribution in [0.1, 0.15) is 44.6 Å². The number of likely N-dealkylation sites (N-methyl/N-ethyl adjacent to an activating group) is 1. The van der Waals surface area contributed by atoms with Crippen LogP contribution in [0.15, 0.2) is 42.5 Å². The first kappa shape index (κ1) is 28.7. The predicted octanol–water partition coefficient (Wildman–Crippen LogP) is 4.62. The van der Waals surface area contributed by atoms with E-state index in [1.807, 2.05) is 25.1 Å². The molecule has 40 heavy (non-hydrogen) atoms. The van der Waals surface area contributed by atoms with Crippen LogP contribution in [0, 0.1) is 0 Å².